The molecule has 0 aliphatic rings. The largest absolute Gasteiger partial charge is 0.395 e. The molecule has 0 aromatic carbocycles. The Bertz CT molecular complexity index is 96.3. The van der Waals surface area contributed by atoms with E-state index in [4.69, 9.17) is 9.84 Å². The highest BCUT2D eigenvalue weighted by atomic mass is 32.2. The predicted molar refractivity (Wildman–Crippen MR) is 51.5 cm³/mol. The van der Waals surface area contributed by atoms with E-state index in [0.29, 0.717) is 19.4 Å². The van der Waals surface area contributed by atoms with E-state index in [1.54, 1.807) is 18.9 Å². The minimum Gasteiger partial charge on any atom is -0.395 e. The van der Waals surface area contributed by atoms with Gasteiger partial charge in [-0.2, -0.15) is 11.8 Å². The van der Waals surface area contributed by atoms with Crippen molar-refractivity contribution in [2.75, 3.05) is 26.6 Å². The molecule has 3 nitrogen and oxygen atoms in total. The lowest BCUT2D eigenvalue weighted by Gasteiger charge is -2.15. The Morgan fingerprint density at radius 3 is 2.58 bits per heavy atom. The minimum atomic E-state index is -0.352. The van der Waals surface area contributed by atoms with Crippen LogP contribution < -0.4 is 0 Å². The summed E-state index contributed by atoms with van der Waals surface area (Å²) >= 11 is 1.58. The van der Waals surface area contributed by atoms with Crippen molar-refractivity contribution in [1.29, 1.82) is 0 Å². The quantitative estimate of drug-likeness (QED) is 0.619. The molecule has 0 saturated carbocycles. The number of rotatable bonds is 7. The highest BCUT2D eigenvalue weighted by molar-refractivity contribution is 7.99. The summed E-state index contributed by atoms with van der Waals surface area (Å²) < 4.78 is 4.83. The molecule has 0 amide bonds. The molecular formula is C8H18O3S. The molecule has 2 atom stereocenters. The molecule has 12 heavy (non-hydrogen) atoms. The first-order chi connectivity index (χ1) is 5.74. The number of ether oxygens (including phenoxy) is 1. The number of hydrogen-bond donors (Lipinski definition) is 2. The molecule has 0 spiro atoms. The Morgan fingerprint density at radius 2 is 2.17 bits per heavy atom. The van der Waals surface area contributed by atoms with Gasteiger partial charge in [0.15, 0.2) is 0 Å². The first kappa shape index (κ1) is 12.2. The van der Waals surface area contributed by atoms with Gasteiger partial charge in [0.2, 0.25) is 0 Å². The zero-order valence-corrected chi connectivity index (χ0v) is 8.51. The molecule has 0 aliphatic heterocycles. The van der Waals surface area contributed by atoms with Crippen LogP contribution in [0.2, 0.25) is 0 Å². The van der Waals surface area contributed by atoms with Crippen molar-refractivity contribution >= 4 is 11.8 Å². The third kappa shape index (κ3) is 5.83. The van der Waals surface area contributed by atoms with Gasteiger partial charge in [-0.05, 0) is 19.1 Å². The smallest absolute Gasteiger partial charge is 0.0573 e. The van der Waals surface area contributed by atoms with Gasteiger partial charge in [-0.3, -0.25) is 0 Å². The number of thioether (sulfide) groups is 1. The van der Waals surface area contributed by atoms with Gasteiger partial charge in [0, 0.05) is 19.0 Å². The number of hydrogen-bond acceptors (Lipinski definition) is 4. The molecule has 2 unspecified atom stereocenters. The zero-order chi connectivity index (χ0) is 9.40. The Labute approximate surface area is 78.1 Å². The SMILES string of the molecule is COCCC(O)CC(CO)SC. The van der Waals surface area contributed by atoms with Crippen molar-refractivity contribution in [3.8, 4) is 0 Å². The lowest BCUT2D eigenvalue weighted by molar-refractivity contribution is 0.0992. The third-order valence-electron chi connectivity index (χ3n) is 1.73. The van der Waals surface area contributed by atoms with E-state index in [1.165, 1.54) is 0 Å². The van der Waals surface area contributed by atoms with Gasteiger partial charge < -0.3 is 14.9 Å². The Kier molecular flexibility index (Phi) is 8.01. The fraction of sp³-hybridized carbons (Fsp3) is 1.00. The summed E-state index contributed by atoms with van der Waals surface area (Å²) in [5.41, 5.74) is 0. The molecule has 0 aromatic rings. The summed E-state index contributed by atoms with van der Waals surface area (Å²) in [7, 11) is 1.62. The van der Waals surface area contributed by atoms with Crippen LogP contribution in [0.4, 0.5) is 0 Å². The normalized spacial score (nSPS) is 16.0. The molecule has 0 heterocycles. The fourth-order valence-corrected chi connectivity index (χ4v) is 1.48. The van der Waals surface area contributed by atoms with Gasteiger partial charge >= 0.3 is 0 Å². The number of aliphatic hydroxyl groups excluding tert-OH is 2. The maximum absolute atomic E-state index is 9.41. The van der Waals surface area contributed by atoms with Crippen LogP contribution in [0.3, 0.4) is 0 Å². The standard InChI is InChI=1S/C8H18O3S/c1-11-4-3-7(10)5-8(6-9)12-2/h7-10H,3-6H2,1-2H3. The molecule has 0 bridgehead atoms. The van der Waals surface area contributed by atoms with Crippen LogP contribution in [0, 0.1) is 0 Å². The highest BCUT2D eigenvalue weighted by Gasteiger charge is 2.11. The lowest BCUT2D eigenvalue weighted by atomic mass is 10.1. The van der Waals surface area contributed by atoms with Gasteiger partial charge in [-0.1, -0.05) is 0 Å². The molecular weight excluding hydrogens is 176 g/mol. The molecule has 0 aromatic heterocycles. The monoisotopic (exact) mass is 194 g/mol. The molecule has 2 N–H and O–H groups in total. The van der Waals surface area contributed by atoms with Gasteiger partial charge in [-0.25, -0.2) is 0 Å². The van der Waals surface area contributed by atoms with E-state index in [9.17, 15) is 5.11 Å². The maximum Gasteiger partial charge on any atom is 0.0573 e. The Hall–Kier alpha value is 0.230. The first-order valence-corrected chi connectivity index (χ1v) is 5.34. The first-order valence-electron chi connectivity index (χ1n) is 4.05. The lowest BCUT2D eigenvalue weighted by Crippen LogP contribution is -2.19. The van der Waals surface area contributed by atoms with Gasteiger partial charge in [-0.15, -0.1) is 0 Å². The van der Waals surface area contributed by atoms with E-state index in [2.05, 4.69) is 0 Å². The van der Waals surface area contributed by atoms with Crippen LogP contribution in [-0.4, -0.2) is 48.1 Å². The van der Waals surface area contributed by atoms with Crippen molar-refractivity contribution < 1.29 is 14.9 Å². The van der Waals surface area contributed by atoms with Crippen LogP contribution in [-0.2, 0) is 4.74 Å². The van der Waals surface area contributed by atoms with E-state index in [0.717, 1.165) is 0 Å². The fourth-order valence-electron chi connectivity index (χ4n) is 0.920. The van der Waals surface area contributed by atoms with Crippen LogP contribution >= 0.6 is 11.8 Å². The van der Waals surface area contributed by atoms with E-state index in [1.807, 2.05) is 6.26 Å². The van der Waals surface area contributed by atoms with Crippen molar-refractivity contribution in [3.63, 3.8) is 0 Å². The molecule has 0 aliphatic carbocycles. The molecule has 0 rings (SSSR count). The Balaban J connectivity index is 3.44. The molecule has 74 valence electrons. The van der Waals surface area contributed by atoms with Crippen LogP contribution in [0.15, 0.2) is 0 Å². The third-order valence-corrected chi connectivity index (χ3v) is 2.74. The van der Waals surface area contributed by atoms with Crippen molar-refractivity contribution in [2.45, 2.75) is 24.2 Å². The van der Waals surface area contributed by atoms with Gasteiger partial charge in [0.05, 0.1) is 12.7 Å². The highest BCUT2D eigenvalue weighted by Crippen LogP contribution is 2.13. The Morgan fingerprint density at radius 1 is 1.50 bits per heavy atom. The second-order valence-corrected chi connectivity index (χ2v) is 3.85. The molecule has 0 fully saturated rings. The second-order valence-electron chi connectivity index (χ2n) is 2.71. The summed E-state index contributed by atoms with van der Waals surface area (Å²) in [5, 5.41) is 18.4. The summed E-state index contributed by atoms with van der Waals surface area (Å²) in [6, 6.07) is 0. The predicted octanol–water partition coefficient (Wildman–Crippen LogP) is 0.498. The average molecular weight is 194 g/mol. The van der Waals surface area contributed by atoms with Gasteiger partial charge in [0.25, 0.3) is 0 Å². The van der Waals surface area contributed by atoms with E-state index < -0.39 is 0 Å². The number of methoxy groups -OCH3 is 1. The van der Waals surface area contributed by atoms with Crippen LogP contribution in [0.25, 0.3) is 0 Å². The van der Waals surface area contributed by atoms with Gasteiger partial charge in [0.1, 0.15) is 0 Å². The van der Waals surface area contributed by atoms with E-state index >= 15 is 0 Å². The topological polar surface area (TPSA) is 49.7 Å². The van der Waals surface area contributed by atoms with Crippen LogP contribution in [0.1, 0.15) is 12.8 Å². The summed E-state index contributed by atoms with van der Waals surface area (Å²) in [6.45, 7) is 0.707. The molecule has 0 saturated heterocycles. The van der Waals surface area contributed by atoms with Crippen LogP contribution in [0.5, 0.6) is 0 Å². The summed E-state index contributed by atoms with van der Waals surface area (Å²) in [5.74, 6) is 0. The van der Waals surface area contributed by atoms with E-state index in [-0.39, 0.29) is 18.0 Å². The van der Waals surface area contributed by atoms with Crippen molar-refractivity contribution in [1.82, 2.24) is 0 Å². The second kappa shape index (κ2) is 7.86. The number of aliphatic hydroxyl groups is 2. The molecule has 0 radical (unpaired) electrons. The zero-order valence-electron chi connectivity index (χ0n) is 7.69. The van der Waals surface area contributed by atoms with Crippen molar-refractivity contribution in [3.05, 3.63) is 0 Å². The molecule has 4 heteroatoms. The average Bonchev–Trinajstić information content (AvgIpc) is 2.10. The maximum atomic E-state index is 9.41. The van der Waals surface area contributed by atoms with Crippen molar-refractivity contribution in [2.24, 2.45) is 0 Å². The minimum absolute atomic E-state index is 0.130. The summed E-state index contributed by atoms with van der Waals surface area (Å²) in [6.07, 6.45) is 2.87. The summed E-state index contributed by atoms with van der Waals surface area (Å²) in [4.78, 5) is 0.